The molecule has 25 heavy (non-hydrogen) atoms. The maximum absolute atomic E-state index is 13.2. The van der Waals surface area contributed by atoms with Crippen LogP contribution in [0.25, 0.3) is 5.69 Å². The average molecular weight is 329 g/mol. The number of Topliss-reactive ketones (excluding diaryl/α,β-unsaturated/α-hetero) is 1. The second-order valence-electron chi connectivity index (χ2n) is 6.11. The fourth-order valence-electron chi connectivity index (χ4n) is 3.60. The van der Waals surface area contributed by atoms with Crippen molar-refractivity contribution in [3.8, 4) is 5.69 Å². The Bertz CT molecular complexity index is 1060. The van der Waals surface area contributed by atoms with Crippen LogP contribution in [-0.4, -0.2) is 21.9 Å². The molecule has 0 bridgehead atoms. The number of hydrogen-bond donors (Lipinski definition) is 0. The molecule has 1 aliphatic carbocycles. The fraction of sp³-hybridized carbons (Fsp3) is 0.0952. The van der Waals surface area contributed by atoms with Gasteiger partial charge in [-0.3, -0.25) is 14.4 Å². The van der Waals surface area contributed by atoms with Crippen LogP contribution in [-0.2, 0) is 0 Å². The van der Waals surface area contributed by atoms with Crippen LogP contribution in [0.5, 0.6) is 0 Å². The molecule has 4 nitrogen and oxygen atoms in total. The molecule has 1 aliphatic rings. The molecule has 0 radical (unpaired) electrons. The van der Waals surface area contributed by atoms with Crippen molar-refractivity contribution in [2.75, 3.05) is 0 Å². The molecule has 0 saturated heterocycles. The topological polar surface area (TPSA) is 56.1 Å². The maximum atomic E-state index is 13.2. The summed E-state index contributed by atoms with van der Waals surface area (Å²) in [6.07, 6.45) is 0. The van der Waals surface area contributed by atoms with Gasteiger partial charge in [0.05, 0.1) is 11.1 Å². The van der Waals surface area contributed by atoms with Crippen LogP contribution >= 0.6 is 0 Å². The molecule has 3 aromatic rings. The summed E-state index contributed by atoms with van der Waals surface area (Å²) in [4.78, 5) is 38.5. The number of fused-ring (bicyclic) bond motifs is 2. The van der Waals surface area contributed by atoms with Gasteiger partial charge in [0.2, 0.25) is 5.78 Å². The zero-order valence-electron chi connectivity index (χ0n) is 13.9. The Morgan fingerprint density at radius 2 is 1.40 bits per heavy atom. The lowest BCUT2D eigenvalue weighted by Gasteiger charge is -2.17. The average Bonchev–Trinajstić information content (AvgIpc) is 2.94. The van der Waals surface area contributed by atoms with E-state index in [1.54, 1.807) is 35.8 Å². The second kappa shape index (κ2) is 5.38. The number of hydrogen-bond acceptors (Lipinski definition) is 3. The molecule has 0 spiro atoms. The summed E-state index contributed by atoms with van der Waals surface area (Å²) in [5, 5.41) is 0. The summed E-state index contributed by atoms with van der Waals surface area (Å²) < 4.78 is 1.72. The Morgan fingerprint density at radius 3 is 2.00 bits per heavy atom. The quantitative estimate of drug-likeness (QED) is 0.526. The minimum atomic E-state index is -0.270. The van der Waals surface area contributed by atoms with Crippen molar-refractivity contribution < 1.29 is 14.4 Å². The molecule has 0 saturated carbocycles. The molecule has 4 rings (SSSR count). The lowest BCUT2D eigenvalue weighted by Crippen LogP contribution is -2.23. The maximum Gasteiger partial charge on any atom is 0.211 e. The van der Waals surface area contributed by atoms with E-state index in [-0.39, 0.29) is 28.6 Å². The molecule has 0 N–H and O–H groups in total. The zero-order valence-corrected chi connectivity index (χ0v) is 13.9. The Morgan fingerprint density at radius 1 is 0.840 bits per heavy atom. The summed E-state index contributed by atoms with van der Waals surface area (Å²) in [6.45, 7) is 3.20. The van der Waals surface area contributed by atoms with Gasteiger partial charge in [-0.25, -0.2) is 0 Å². The summed E-state index contributed by atoms with van der Waals surface area (Å²) >= 11 is 0. The predicted octanol–water partition coefficient (Wildman–Crippen LogP) is 3.76. The highest BCUT2D eigenvalue weighted by molar-refractivity contribution is 6.31. The number of para-hydroxylation sites is 1. The summed E-state index contributed by atoms with van der Waals surface area (Å²) in [7, 11) is 0. The molecule has 1 heterocycles. The van der Waals surface area contributed by atoms with Gasteiger partial charge >= 0.3 is 0 Å². The van der Waals surface area contributed by atoms with E-state index in [4.69, 9.17) is 0 Å². The van der Waals surface area contributed by atoms with Crippen molar-refractivity contribution in [3.63, 3.8) is 0 Å². The van der Waals surface area contributed by atoms with Gasteiger partial charge in [-0.05, 0) is 26.0 Å². The van der Waals surface area contributed by atoms with E-state index in [0.29, 0.717) is 22.4 Å². The SMILES string of the molecule is CC(=O)c1c2c(n(-c3ccccc3)c1C)C(=O)c1ccccc1C2=O. The minimum Gasteiger partial charge on any atom is -0.310 e. The smallest absolute Gasteiger partial charge is 0.211 e. The van der Waals surface area contributed by atoms with Crippen LogP contribution in [0.4, 0.5) is 0 Å². The third-order valence-electron chi connectivity index (χ3n) is 4.63. The molecule has 0 fully saturated rings. The highest BCUT2D eigenvalue weighted by Gasteiger charge is 2.38. The van der Waals surface area contributed by atoms with Gasteiger partial charge in [0.15, 0.2) is 11.6 Å². The van der Waals surface area contributed by atoms with Crippen molar-refractivity contribution in [1.29, 1.82) is 0 Å². The monoisotopic (exact) mass is 329 g/mol. The first-order chi connectivity index (χ1) is 12.0. The van der Waals surface area contributed by atoms with E-state index in [1.807, 2.05) is 30.3 Å². The number of carbonyl (C=O) groups is 3. The second-order valence-corrected chi connectivity index (χ2v) is 6.11. The van der Waals surface area contributed by atoms with Crippen LogP contribution in [0.3, 0.4) is 0 Å². The normalized spacial score (nSPS) is 12.7. The van der Waals surface area contributed by atoms with Crippen LogP contribution in [0.2, 0.25) is 0 Å². The van der Waals surface area contributed by atoms with Crippen molar-refractivity contribution in [1.82, 2.24) is 4.57 Å². The van der Waals surface area contributed by atoms with Crippen molar-refractivity contribution >= 4 is 17.3 Å². The Kier molecular flexibility index (Phi) is 3.29. The molecule has 2 aromatic carbocycles. The van der Waals surface area contributed by atoms with Crippen molar-refractivity contribution in [2.45, 2.75) is 13.8 Å². The van der Waals surface area contributed by atoms with Gasteiger partial charge in [-0.15, -0.1) is 0 Å². The van der Waals surface area contributed by atoms with E-state index >= 15 is 0 Å². The van der Waals surface area contributed by atoms with E-state index in [2.05, 4.69) is 0 Å². The van der Waals surface area contributed by atoms with Gasteiger partial charge in [-0.1, -0.05) is 42.5 Å². The van der Waals surface area contributed by atoms with Gasteiger partial charge in [0.1, 0.15) is 5.69 Å². The Hall–Kier alpha value is -3.27. The first-order valence-corrected chi connectivity index (χ1v) is 8.02. The summed E-state index contributed by atoms with van der Waals surface area (Å²) in [5.41, 5.74) is 2.92. The van der Waals surface area contributed by atoms with Gasteiger partial charge in [-0.2, -0.15) is 0 Å². The Balaban J connectivity index is 2.13. The number of benzene rings is 2. The van der Waals surface area contributed by atoms with Crippen LogP contribution in [0.1, 0.15) is 54.9 Å². The van der Waals surface area contributed by atoms with E-state index in [0.717, 1.165) is 5.69 Å². The lowest BCUT2D eigenvalue weighted by atomic mass is 9.85. The molecule has 4 heteroatoms. The largest absolute Gasteiger partial charge is 0.310 e. The highest BCUT2D eigenvalue weighted by atomic mass is 16.1. The number of nitrogens with zero attached hydrogens (tertiary/aromatic N) is 1. The molecule has 122 valence electrons. The van der Waals surface area contributed by atoms with Crippen molar-refractivity contribution in [2.24, 2.45) is 0 Å². The van der Waals surface area contributed by atoms with Gasteiger partial charge < -0.3 is 4.57 Å². The molecular formula is C21H15NO3. The van der Waals surface area contributed by atoms with E-state index < -0.39 is 0 Å². The fourth-order valence-corrected chi connectivity index (χ4v) is 3.60. The standard InChI is InChI=1S/C21H15NO3/c1-12-17(13(2)23)18-19(22(12)14-8-4-3-5-9-14)21(25)16-11-7-6-10-15(16)20(18)24/h3-11H,1-2H3. The molecule has 1 aromatic heterocycles. The number of carbonyl (C=O) groups excluding carboxylic acids is 3. The molecular weight excluding hydrogens is 314 g/mol. The van der Waals surface area contributed by atoms with Gasteiger partial charge in [0.25, 0.3) is 0 Å². The lowest BCUT2D eigenvalue weighted by molar-refractivity contribution is 0.0967. The van der Waals surface area contributed by atoms with Gasteiger partial charge in [0, 0.05) is 22.5 Å². The summed E-state index contributed by atoms with van der Waals surface area (Å²) in [5.74, 6) is -0.721. The number of ketones is 3. The van der Waals surface area contributed by atoms with E-state index in [9.17, 15) is 14.4 Å². The van der Waals surface area contributed by atoms with Crippen molar-refractivity contribution in [3.05, 3.63) is 88.2 Å². The summed E-state index contributed by atoms with van der Waals surface area (Å²) in [6, 6.07) is 16.1. The van der Waals surface area contributed by atoms with Crippen LogP contribution < -0.4 is 0 Å². The molecule has 0 aliphatic heterocycles. The molecule has 0 atom stereocenters. The molecule has 0 amide bonds. The van der Waals surface area contributed by atoms with E-state index in [1.165, 1.54) is 6.92 Å². The van der Waals surface area contributed by atoms with Crippen LogP contribution in [0.15, 0.2) is 54.6 Å². The van der Waals surface area contributed by atoms with Crippen LogP contribution in [0, 0.1) is 6.92 Å². The third kappa shape index (κ3) is 2.04. The zero-order chi connectivity index (χ0) is 17.7. The first kappa shape index (κ1) is 15.3. The highest BCUT2D eigenvalue weighted by Crippen LogP contribution is 2.35. The predicted molar refractivity (Wildman–Crippen MR) is 93.8 cm³/mol. The molecule has 0 unspecified atom stereocenters. The number of rotatable bonds is 2. The Labute approximate surface area is 144 Å². The first-order valence-electron chi connectivity index (χ1n) is 8.02. The third-order valence-corrected chi connectivity index (χ3v) is 4.63. The number of aromatic nitrogens is 1. The minimum absolute atomic E-state index is 0.219.